The molecule has 0 radical (unpaired) electrons. The van der Waals surface area contributed by atoms with E-state index in [0.29, 0.717) is 24.0 Å². The Morgan fingerprint density at radius 2 is 1.97 bits per heavy atom. The molecule has 1 aromatic rings. The first kappa shape index (κ1) is 25.6. The summed E-state index contributed by atoms with van der Waals surface area (Å²) in [6, 6.07) is 1.72. The molecule has 36 heavy (non-hydrogen) atoms. The summed E-state index contributed by atoms with van der Waals surface area (Å²) < 4.78 is 22.6. The van der Waals surface area contributed by atoms with Gasteiger partial charge in [0.15, 0.2) is 6.29 Å². The van der Waals surface area contributed by atoms with Gasteiger partial charge < -0.3 is 39.1 Å². The van der Waals surface area contributed by atoms with E-state index < -0.39 is 54.2 Å². The Balaban J connectivity index is 1.48. The molecule has 2 saturated heterocycles. The number of allylic oxidation sites excluding steroid dienone is 1. The van der Waals surface area contributed by atoms with Crippen LogP contribution >= 0.6 is 0 Å². The van der Waals surface area contributed by atoms with Crippen molar-refractivity contribution in [1.29, 1.82) is 0 Å². The number of aliphatic hydroxyl groups excluding tert-OH is 4. The molecular formula is C26H34O10. The molecule has 1 saturated carbocycles. The standard InChI is InChI=1S/C26H34O10/c1-13-16(28)8-26-12-34-23(32)15(26)4-3-5-19(26)25(13,2)9-17(14-6-7-33-11-14)35-24-22(31)21(30)20(29)18(10-27)36-24/h4,6-7,11,13,17-22,24,27,29-31H,3,5,8-10,12H2,1-2H3/t13-,17-,18-,19-,20-,21+,22-,24-,25+,26-/m1/s1. The summed E-state index contributed by atoms with van der Waals surface area (Å²) in [7, 11) is 0. The van der Waals surface area contributed by atoms with Crippen LogP contribution in [0.5, 0.6) is 0 Å². The van der Waals surface area contributed by atoms with E-state index in [-0.39, 0.29) is 36.6 Å². The predicted octanol–water partition coefficient (Wildman–Crippen LogP) is 1.02. The van der Waals surface area contributed by atoms with Crippen molar-refractivity contribution in [1.82, 2.24) is 0 Å². The number of hydrogen-bond donors (Lipinski definition) is 4. The molecule has 198 valence electrons. The van der Waals surface area contributed by atoms with Crippen LogP contribution in [-0.4, -0.2) is 76.1 Å². The maximum Gasteiger partial charge on any atom is 0.334 e. The fraction of sp³-hybridized carbons (Fsp3) is 0.692. The summed E-state index contributed by atoms with van der Waals surface area (Å²) >= 11 is 0. The molecule has 10 nitrogen and oxygen atoms in total. The minimum atomic E-state index is -1.58. The van der Waals surface area contributed by atoms with Gasteiger partial charge in [0.2, 0.25) is 0 Å². The monoisotopic (exact) mass is 506 g/mol. The van der Waals surface area contributed by atoms with E-state index in [0.717, 1.165) is 6.42 Å². The fourth-order valence-electron chi connectivity index (χ4n) is 6.93. The number of cyclic esters (lactones) is 1. The molecule has 0 bridgehead atoms. The van der Waals surface area contributed by atoms with E-state index >= 15 is 0 Å². The van der Waals surface area contributed by atoms with E-state index in [2.05, 4.69) is 0 Å². The molecule has 4 aliphatic rings. The Bertz CT molecular complexity index is 1020. The summed E-state index contributed by atoms with van der Waals surface area (Å²) in [6.07, 6.45) is -0.813. The summed E-state index contributed by atoms with van der Waals surface area (Å²) in [5.74, 6) is -0.667. The molecule has 3 fully saturated rings. The first-order valence-electron chi connectivity index (χ1n) is 12.5. The van der Waals surface area contributed by atoms with Gasteiger partial charge in [0.1, 0.15) is 36.8 Å². The van der Waals surface area contributed by atoms with Gasteiger partial charge in [0.05, 0.1) is 25.2 Å². The third-order valence-electron chi connectivity index (χ3n) is 9.13. The van der Waals surface area contributed by atoms with Gasteiger partial charge >= 0.3 is 5.97 Å². The summed E-state index contributed by atoms with van der Waals surface area (Å²) in [4.78, 5) is 25.9. The lowest BCUT2D eigenvalue weighted by Crippen LogP contribution is -2.59. The van der Waals surface area contributed by atoms with Crippen LogP contribution in [0.1, 0.15) is 51.2 Å². The number of carbonyl (C=O) groups is 2. The molecule has 1 spiro atoms. The molecule has 0 unspecified atom stereocenters. The molecule has 2 aliphatic heterocycles. The van der Waals surface area contributed by atoms with Crippen molar-refractivity contribution in [3.63, 3.8) is 0 Å². The highest BCUT2D eigenvalue weighted by Gasteiger charge is 2.64. The Hall–Kier alpha value is -2.08. The van der Waals surface area contributed by atoms with Gasteiger partial charge in [0.25, 0.3) is 0 Å². The number of esters is 1. The second-order valence-electron chi connectivity index (χ2n) is 10.9. The second-order valence-corrected chi connectivity index (χ2v) is 10.9. The number of ketones is 1. The van der Waals surface area contributed by atoms with Gasteiger partial charge in [-0.25, -0.2) is 4.79 Å². The van der Waals surface area contributed by atoms with Crippen LogP contribution in [0.2, 0.25) is 0 Å². The molecule has 0 aromatic carbocycles. The largest absolute Gasteiger partial charge is 0.472 e. The first-order chi connectivity index (χ1) is 17.1. The van der Waals surface area contributed by atoms with Gasteiger partial charge in [-0.1, -0.05) is 19.9 Å². The van der Waals surface area contributed by atoms with Crippen molar-refractivity contribution in [3.05, 3.63) is 35.8 Å². The molecular weight excluding hydrogens is 472 g/mol. The minimum absolute atomic E-state index is 0.0306. The van der Waals surface area contributed by atoms with Crippen molar-refractivity contribution < 1.29 is 48.6 Å². The maximum absolute atomic E-state index is 13.4. The van der Waals surface area contributed by atoms with Gasteiger partial charge in [-0.2, -0.15) is 0 Å². The Morgan fingerprint density at radius 3 is 2.67 bits per heavy atom. The predicted molar refractivity (Wildman–Crippen MR) is 122 cm³/mol. The molecule has 3 heterocycles. The van der Waals surface area contributed by atoms with Crippen LogP contribution in [0.3, 0.4) is 0 Å². The zero-order valence-corrected chi connectivity index (χ0v) is 20.4. The number of ether oxygens (including phenoxy) is 3. The van der Waals surface area contributed by atoms with E-state index in [1.54, 1.807) is 6.07 Å². The smallest absolute Gasteiger partial charge is 0.334 e. The van der Waals surface area contributed by atoms with Crippen LogP contribution in [0.25, 0.3) is 0 Å². The normalized spacial score (nSPS) is 43.4. The topological polar surface area (TPSA) is 156 Å². The quantitative estimate of drug-likeness (QED) is 0.411. The van der Waals surface area contributed by atoms with E-state index in [9.17, 15) is 30.0 Å². The highest BCUT2D eigenvalue weighted by atomic mass is 16.7. The molecule has 0 amide bonds. The number of rotatable bonds is 6. The van der Waals surface area contributed by atoms with Crippen LogP contribution in [0.15, 0.2) is 34.7 Å². The number of furan rings is 1. The Labute approximate surface area is 208 Å². The van der Waals surface area contributed by atoms with E-state index in [1.807, 2.05) is 19.9 Å². The minimum Gasteiger partial charge on any atom is -0.472 e. The lowest BCUT2D eigenvalue weighted by atomic mass is 9.46. The van der Waals surface area contributed by atoms with Crippen LogP contribution in [0, 0.1) is 22.7 Å². The summed E-state index contributed by atoms with van der Waals surface area (Å²) in [5, 5.41) is 40.6. The second kappa shape index (κ2) is 9.34. The number of Topliss-reactive ketones (excluding diaryl/α,β-unsaturated/α-hetero) is 1. The molecule has 5 rings (SSSR count). The Kier molecular flexibility index (Phi) is 6.63. The van der Waals surface area contributed by atoms with E-state index in [1.165, 1.54) is 12.5 Å². The number of aliphatic hydroxyl groups is 4. The molecule has 1 aromatic heterocycles. The third kappa shape index (κ3) is 3.86. The molecule has 4 N–H and O–H groups in total. The zero-order valence-electron chi connectivity index (χ0n) is 20.4. The molecule has 10 atom stereocenters. The highest BCUT2D eigenvalue weighted by molar-refractivity contribution is 5.95. The van der Waals surface area contributed by atoms with Crippen molar-refractivity contribution in [2.75, 3.05) is 13.2 Å². The highest BCUT2D eigenvalue weighted by Crippen LogP contribution is 2.63. The number of hydrogen-bond acceptors (Lipinski definition) is 10. The summed E-state index contributed by atoms with van der Waals surface area (Å²) in [6.45, 7) is 3.56. The van der Waals surface area contributed by atoms with Crippen LogP contribution in [-0.2, 0) is 23.8 Å². The van der Waals surface area contributed by atoms with Gasteiger partial charge in [-0.05, 0) is 36.7 Å². The van der Waals surface area contributed by atoms with Crippen molar-refractivity contribution in [2.45, 2.75) is 76.3 Å². The van der Waals surface area contributed by atoms with Crippen molar-refractivity contribution in [2.24, 2.45) is 22.7 Å². The van der Waals surface area contributed by atoms with Crippen LogP contribution < -0.4 is 0 Å². The zero-order chi connectivity index (χ0) is 25.8. The SMILES string of the molecule is C[C@@H]1C(=O)C[C@@]23COC(=O)C2=CCC[C@@H]3[C@@]1(C)C[C@@H](O[C@@H]1O[C@H](CO)[C@@H](O)[C@H](O)[C@H]1O)c1ccoc1. The fourth-order valence-corrected chi connectivity index (χ4v) is 6.93. The average molecular weight is 507 g/mol. The summed E-state index contributed by atoms with van der Waals surface area (Å²) in [5.41, 5.74) is -0.0332. The van der Waals surface area contributed by atoms with E-state index in [4.69, 9.17) is 18.6 Å². The maximum atomic E-state index is 13.4. The molecule has 10 heteroatoms. The first-order valence-corrected chi connectivity index (χ1v) is 12.5. The lowest BCUT2D eigenvalue weighted by molar-refractivity contribution is -0.315. The van der Waals surface area contributed by atoms with Gasteiger partial charge in [0, 0.05) is 28.9 Å². The Morgan fingerprint density at radius 1 is 1.19 bits per heavy atom. The molecule has 2 aliphatic carbocycles. The van der Waals surface area contributed by atoms with Gasteiger partial charge in [-0.3, -0.25) is 4.79 Å². The average Bonchev–Trinajstić information content (AvgIpc) is 3.51. The van der Waals surface area contributed by atoms with Crippen molar-refractivity contribution >= 4 is 11.8 Å². The lowest BCUT2D eigenvalue weighted by Gasteiger charge is -2.56. The van der Waals surface area contributed by atoms with Crippen molar-refractivity contribution in [3.8, 4) is 0 Å². The number of carbonyl (C=O) groups excluding carboxylic acids is 2. The van der Waals surface area contributed by atoms with Gasteiger partial charge in [-0.15, -0.1) is 0 Å². The third-order valence-corrected chi connectivity index (χ3v) is 9.13. The van der Waals surface area contributed by atoms with Crippen LogP contribution in [0.4, 0.5) is 0 Å².